The minimum atomic E-state index is -4.56. The van der Waals surface area contributed by atoms with Crippen LogP contribution < -0.4 is 5.32 Å². The smallest absolute Gasteiger partial charge is 0.433 e. The number of carbonyl (C=O) groups is 2. The molecule has 1 amide bonds. The van der Waals surface area contributed by atoms with Crippen LogP contribution in [-0.2, 0) is 12.6 Å². The van der Waals surface area contributed by atoms with Gasteiger partial charge in [0.15, 0.2) is 5.69 Å². The zero-order chi connectivity index (χ0) is 17.9. The van der Waals surface area contributed by atoms with E-state index in [0.29, 0.717) is 11.4 Å². The molecule has 2 rings (SSSR count). The van der Waals surface area contributed by atoms with Gasteiger partial charge in [-0.1, -0.05) is 0 Å². The van der Waals surface area contributed by atoms with E-state index in [1.54, 1.807) is 0 Å². The Morgan fingerprint density at radius 2 is 2.00 bits per heavy atom. The number of rotatable bonds is 5. The number of aromatic carboxylic acids is 1. The molecule has 0 fully saturated rings. The second kappa shape index (κ2) is 6.95. The van der Waals surface area contributed by atoms with Crippen LogP contribution in [0.2, 0.25) is 0 Å². The summed E-state index contributed by atoms with van der Waals surface area (Å²) in [6.07, 6.45) is -4.25. The Bertz CT molecular complexity index is 774. The van der Waals surface area contributed by atoms with E-state index in [1.807, 2.05) is 0 Å². The molecule has 0 radical (unpaired) electrons. The van der Waals surface area contributed by atoms with Crippen LogP contribution in [0.3, 0.4) is 0 Å². The molecule has 2 aromatic rings. The molecule has 6 nitrogen and oxygen atoms in total. The number of alkyl halides is 3. The van der Waals surface area contributed by atoms with Crippen LogP contribution in [0.5, 0.6) is 0 Å². The van der Waals surface area contributed by atoms with E-state index in [9.17, 15) is 22.8 Å². The number of aromatic nitrogens is 2. The fourth-order valence-corrected chi connectivity index (χ4v) is 2.63. The van der Waals surface area contributed by atoms with Crippen molar-refractivity contribution >= 4 is 23.2 Å². The quantitative estimate of drug-likeness (QED) is 0.856. The number of amides is 1. The number of aryl methyl sites for hydroxylation is 1. The van der Waals surface area contributed by atoms with Gasteiger partial charge in [-0.15, -0.1) is 11.3 Å². The van der Waals surface area contributed by atoms with Crippen LogP contribution in [0.25, 0.3) is 0 Å². The third-order valence-electron chi connectivity index (χ3n) is 3.02. The highest BCUT2D eigenvalue weighted by atomic mass is 32.1. The zero-order valence-corrected chi connectivity index (χ0v) is 13.2. The summed E-state index contributed by atoms with van der Waals surface area (Å²) in [5.41, 5.74) is -1.09. The number of pyridine rings is 1. The Hall–Kier alpha value is -2.49. The first kappa shape index (κ1) is 17.9. The van der Waals surface area contributed by atoms with E-state index in [2.05, 4.69) is 15.3 Å². The topological polar surface area (TPSA) is 92.2 Å². The Morgan fingerprint density at radius 3 is 2.54 bits per heavy atom. The Kier molecular flexibility index (Phi) is 5.17. The second-order valence-electron chi connectivity index (χ2n) is 4.76. The number of hydrogen-bond donors (Lipinski definition) is 2. The lowest BCUT2D eigenvalue weighted by molar-refractivity contribution is -0.141. The Balaban J connectivity index is 1.96. The molecule has 0 aliphatic rings. The van der Waals surface area contributed by atoms with Crippen molar-refractivity contribution in [3.63, 3.8) is 0 Å². The van der Waals surface area contributed by atoms with Gasteiger partial charge in [0.25, 0.3) is 5.91 Å². The third-order valence-corrected chi connectivity index (χ3v) is 3.92. The van der Waals surface area contributed by atoms with E-state index in [-0.39, 0.29) is 23.5 Å². The third kappa shape index (κ3) is 4.28. The molecule has 0 atom stereocenters. The molecule has 0 aliphatic carbocycles. The van der Waals surface area contributed by atoms with Gasteiger partial charge >= 0.3 is 12.1 Å². The number of nitrogens with zero attached hydrogens (tertiary/aromatic N) is 2. The van der Waals surface area contributed by atoms with Gasteiger partial charge < -0.3 is 10.4 Å². The van der Waals surface area contributed by atoms with E-state index >= 15 is 0 Å². The molecule has 2 heterocycles. The molecule has 0 aromatic carbocycles. The maximum atomic E-state index is 12.5. The molecule has 0 unspecified atom stereocenters. The Labute approximate surface area is 138 Å². The summed E-state index contributed by atoms with van der Waals surface area (Å²) in [6.45, 7) is 1.50. The van der Waals surface area contributed by atoms with Gasteiger partial charge in [0.05, 0.1) is 16.3 Å². The van der Waals surface area contributed by atoms with Crippen LogP contribution in [0.1, 0.15) is 37.2 Å². The molecular formula is C14H12F3N3O3S. The number of nitrogens with one attached hydrogen (secondary N) is 1. The molecule has 0 spiro atoms. The number of carboxylic acid groups (broad SMARTS) is 1. The lowest BCUT2D eigenvalue weighted by atomic mass is 10.1. The molecule has 0 aliphatic heterocycles. The molecule has 10 heteroatoms. The second-order valence-corrected chi connectivity index (χ2v) is 5.71. The fourth-order valence-electron chi connectivity index (χ4n) is 1.86. The molecular weight excluding hydrogens is 347 g/mol. The van der Waals surface area contributed by atoms with Crippen LogP contribution in [0, 0.1) is 6.92 Å². The summed E-state index contributed by atoms with van der Waals surface area (Å²) in [6, 6.07) is 1.83. The van der Waals surface area contributed by atoms with Gasteiger partial charge in [-0.05, 0) is 19.1 Å². The molecule has 24 heavy (non-hydrogen) atoms. The standard InChI is InChI=1S/C14H12F3N3O3S/c1-7-8(2-3-10(19-7)14(15,16)17)12(21)18-5-4-11-20-9(6-24-11)13(22)23/h2-3,6H,4-5H2,1H3,(H,18,21)(H,22,23). The minimum absolute atomic E-state index is 0.0234. The van der Waals surface area contributed by atoms with E-state index in [0.717, 1.165) is 23.5 Å². The SMILES string of the molecule is Cc1nc(C(F)(F)F)ccc1C(=O)NCCc1nc(C(=O)O)cs1. The first-order chi connectivity index (χ1) is 11.2. The van der Waals surface area contributed by atoms with Gasteiger partial charge in [0.1, 0.15) is 5.69 Å². The van der Waals surface area contributed by atoms with Gasteiger partial charge in [0, 0.05) is 18.3 Å². The minimum Gasteiger partial charge on any atom is -0.476 e. The van der Waals surface area contributed by atoms with Crippen molar-refractivity contribution in [1.29, 1.82) is 0 Å². The molecule has 0 saturated carbocycles. The van der Waals surface area contributed by atoms with Gasteiger partial charge in [0.2, 0.25) is 0 Å². The highest BCUT2D eigenvalue weighted by Gasteiger charge is 2.33. The number of halogens is 3. The molecule has 0 bridgehead atoms. The summed E-state index contributed by atoms with van der Waals surface area (Å²) in [7, 11) is 0. The Morgan fingerprint density at radius 1 is 1.29 bits per heavy atom. The van der Waals surface area contributed by atoms with Crippen molar-refractivity contribution in [2.75, 3.05) is 6.54 Å². The maximum Gasteiger partial charge on any atom is 0.433 e. The van der Waals surface area contributed by atoms with Crippen LogP contribution >= 0.6 is 11.3 Å². The summed E-state index contributed by atoms with van der Waals surface area (Å²) in [5, 5.41) is 13.2. The maximum absolute atomic E-state index is 12.5. The number of carboxylic acids is 1. The first-order valence-corrected chi connectivity index (χ1v) is 7.57. The largest absolute Gasteiger partial charge is 0.476 e. The fraction of sp³-hybridized carbons (Fsp3) is 0.286. The van der Waals surface area contributed by atoms with Gasteiger partial charge in [-0.25, -0.2) is 14.8 Å². The first-order valence-electron chi connectivity index (χ1n) is 6.69. The van der Waals surface area contributed by atoms with E-state index < -0.39 is 23.7 Å². The van der Waals surface area contributed by atoms with Crippen LogP contribution in [0.15, 0.2) is 17.5 Å². The van der Waals surface area contributed by atoms with Crippen molar-refractivity contribution in [2.24, 2.45) is 0 Å². The predicted octanol–water partition coefficient (Wildman–Crippen LogP) is 2.54. The number of hydrogen-bond acceptors (Lipinski definition) is 5. The van der Waals surface area contributed by atoms with Crippen LogP contribution in [0.4, 0.5) is 13.2 Å². The normalized spacial score (nSPS) is 11.3. The van der Waals surface area contributed by atoms with E-state index in [1.165, 1.54) is 12.3 Å². The highest BCUT2D eigenvalue weighted by molar-refractivity contribution is 7.09. The zero-order valence-electron chi connectivity index (χ0n) is 12.3. The average molecular weight is 359 g/mol. The van der Waals surface area contributed by atoms with Gasteiger partial charge in [-0.3, -0.25) is 4.79 Å². The predicted molar refractivity (Wildman–Crippen MR) is 79.1 cm³/mol. The highest BCUT2D eigenvalue weighted by Crippen LogP contribution is 2.28. The molecule has 2 N–H and O–H groups in total. The summed E-state index contributed by atoms with van der Waals surface area (Å²) in [4.78, 5) is 29.9. The van der Waals surface area contributed by atoms with Crippen molar-refractivity contribution in [3.05, 3.63) is 45.2 Å². The van der Waals surface area contributed by atoms with Crippen LogP contribution in [-0.4, -0.2) is 33.5 Å². The van der Waals surface area contributed by atoms with E-state index in [4.69, 9.17) is 5.11 Å². The lowest BCUT2D eigenvalue weighted by Crippen LogP contribution is -2.27. The number of carbonyl (C=O) groups excluding carboxylic acids is 1. The van der Waals surface area contributed by atoms with Crippen molar-refractivity contribution in [1.82, 2.24) is 15.3 Å². The summed E-state index contributed by atoms with van der Waals surface area (Å²) >= 11 is 1.15. The van der Waals surface area contributed by atoms with Gasteiger partial charge in [-0.2, -0.15) is 13.2 Å². The summed E-state index contributed by atoms with van der Waals surface area (Å²) in [5.74, 6) is -1.68. The number of thiazole rings is 1. The lowest BCUT2D eigenvalue weighted by Gasteiger charge is -2.10. The molecule has 128 valence electrons. The van der Waals surface area contributed by atoms with Crippen molar-refractivity contribution < 1.29 is 27.9 Å². The summed E-state index contributed by atoms with van der Waals surface area (Å²) < 4.78 is 37.6. The molecule has 0 saturated heterocycles. The molecule has 2 aromatic heterocycles. The van der Waals surface area contributed by atoms with Crippen molar-refractivity contribution in [3.8, 4) is 0 Å². The average Bonchev–Trinajstić information content (AvgIpc) is 2.95. The van der Waals surface area contributed by atoms with Crippen molar-refractivity contribution in [2.45, 2.75) is 19.5 Å². The monoisotopic (exact) mass is 359 g/mol.